The number of nitrogens with one attached hydrogen (secondary N) is 1. The molecular weight excluding hydrogens is 333 g/mol. The fraction of sp³-hybridized carbons (Fsp3) is 0.0588. The number of hydrogen-bond acceptors (Lipinski definition) is 2. The summed E-state index contributed by atoms with van der Waals surface area (Å²) in [5, 5.41) is 8.36. The molecule has 4 nitrogen and oxygen atoms in total. The summed E-state index contributed by atoms with van der Waals surface area (Å²) in [7, 11) is 0. The summed E-state index contributed by atoms with van der Waals surface area (Å²) in [6.45, 7) is 0.538. The summed E-state index contributed by atoms with van der Waals surface area (Å²) in [6, 6.07) is 16.0. The van der Waals surface area contributed by atoms with Crippen LogP contribution < -0.4 is 5.32 Å². The van der Waals surface area contributed by atoms with Crippen molar-refractivity contribution in [2.24, 2.45) is 0 Å². The molecule has 1 heterocycles. The molecule has 23 heavy (non-hydrogen) atoms. The first-order valence-electron chi connectivity index (χ1n) is 6.95. The molecule has 3 rings (SSSR count). The SMILES string of the molecule is O=C(Nc1ccn(Cc2ccccc2Cl)n1)c1ccc(Cl)cc1. The van der Waals surface area contributed by atoms with Gasteiger partial charge in [0.15, 0.2) is 5.82 Å². The Balaban J connectivity index is 1.68. The number of halogens is 2. The lowest BCUT2D eigenvalue weighted by Gasteiger charge is -2.04. The highest BCUT2D eigenvalue weighted by Gasteiger charge is 2.08. The molecule has 0 saturated heterocycles. The molecule has 1 amide bonds. The van der Waals surface area contributed by atoms with E-state index in [9.17, 15) is 4.79 Å². The standard InChI is InChI=1S/C17H13Cl2N3O/c18-14-7-5-12(6-8-14)17(23)20-16-9-10-22(21-16)11-13-3-1-2-4-15(13)19/h1-10H,11H2,(H,20,21,23). The van der Waals surface area contributed by atoms with Crippen molar-refractivity contribution in [3.8, 4) is 0 Å². The van der Waals surface area contributed by atoms with Crippen LogP contribution in [0.3, 0.4) is 0 Å². The zero-order valence-electron chi connectivity index (χ0n) is 12.0. The van der Waals surface area contributed by atoms with Crippen LogP contribution >= 0.6 is 23.2 Å². The number of carbonyl (C=O) groups excluding carboxylic acids is 1. The van der Waals surface area contributed by atoms with Crippen LogP contribution in [0.25, 0.3) is 0 Å². The van der Waals surface area contributed by atoms with E-state index in [1.54, 1.807) is 41.2 Å². The van der Waals surface area contributed by atoms with Crippen LogP contribution in [0, 0.1) is 0 Å². The minimum atomic E-state index is -0.232. The number of amides is 1. The Bertz CT molecular complexity index is 828. The minimum Gasteiger partial charge on any atom is -0.305 e. The van der Waals surface area contributed by atoms with Crippen molar-refractivity contribution in [1.82, 2.24) is 9.78 Å². The molecule has 0 spiro atoms. The van der Waals surface area contributed by atoms with Crippen molar-refractivity contribution >= 4 is 34.9 Å². The van der Waals surface area contributed by atoms with Crippen LogP contribution in [-0.2, 0) is 6.54 Å². The van der Waals surface area contributed by atoms with Gasteiger partial charge < -0.3 is 5.32 Å². The van der Waals surface area contributed by atoms with Gasteiger partial charge in [-0.15, -0.1) is 0 Å². The highest BCUT2D eigenvalue weighted by Crippen LogP contribution is 2.17. The Hall–Kier alpha value is -2.30. The molecule has 0 unspecified atom stereocenters. The summed E-state index contributed by atoms with van der Waals surface area (Å²) in [5.74, 6) is 0.252. The smallest absolute Gasteiger partial charge is 0.256 e. The third-order valence-electron chi connectivity index (χ3n) is 3.28. The van der Waals surface area contributed by atoms with E-state index in [1.807, 2.05) is 24.3 Å². The predicted octanol–water partition coefficient (Wildman–Crippen LogP) is 4.49. The highest BCUT2D eigenvalue weighted by atomic mass is 35.5. The molecule has 2 aromatic carbocycles. The van der Waals surface area contributed by atoms with Crippen LogP contribution in [0.2, 0.25) is 10.0 Å². The monoisotopic (exact) mass is 345 g/mol. The number of rotatable bonds is 4. The van der Waals surface area contributed by atoms with Crippen LogP contribution in [0.4, 0.5) is 5.82 Å². The number of hydrogen-bond donors (Lipinski definition) is 1. The van der Waals surface area contributed by atoms with Crippen molar-refractivity contribution in [1.29, 1.82) is 0 Å². The van der Waals surface area contributed by atoms with Crippen molar-refractivity contribution < 1.29 is 4.79 Å². The zero-order chi connectivity index (χ0) is 16.2. The van der Waals surface area contributed by atoms with Crippen molar-refractivity contribution in [2.75, 3.05) is 5.32 Å². The Kier molecular flexibility index (Phi) is 4.65. The molecule has 0 atom stereocenters. The van der Waals surface area contributed by atoms with E-state index in [0.717, 1.165) is 5.56 Å². The van der Waals surface area contributed by atoms with Gasteiger partial charge in [0.1, 0.15) is 0 Å². The van der Waals surface area contributed by atoms with E-state index in [4.69, 9.17) is 23.2 Å². The first-order valence-corrected chi connectivity index (χ1v) is 7.71. The summed E-state index contributed by atoms with van der Waals surface area (Å²) >= 11 is 11.9. The first kappa shape index (κ1) is 15.6. The van der Waals surface area contributed by atoms with Gasteiger partial charge >= 0.3 is 0 Å². The van der Waals surface area contributed by atoms with Gasteiger partial charge in [-0.2, -0.15) is 5.10 Å². The Morgan fingerprint density at radius 2 is 1.78 bits per heavy atom. The molecule has 1 aromatic heterocycles. The van der Waals surface area contributed by atoms with Gasteiger partial charge in [0.05, 0.1) is 6.54 Å². The van der Waals surface area contributed by atoms with E-state index < -0.39 is 0 Å². The predicted molar refractivity (Wildman–Crippen MR) is 92.2 cm³/mol. The second-order valence-corrected chi connectivity index (χ2v) is 5.79. The van der Waals surface area contributed by atoms with Crippen molar-refractivity contribution in [2.45, 2.75) is 6.54 Å². The van der Waals surface area contributed by atoms with Crippen molar-refractivity contribution in [3.05, 3.63) is 82.0 Å². The lowest BCUT2D eigenvalue weighted by Crippen LogP contribution is -2.12. The molecule has 0 bridgehead atoms. The van der Waals surface area contributed by atoms with Crippen LogP contribution in [0.5, 0.6) is 0 Å². The molecule has 0 aliphatic heterocycles. The maximum Gasteiger partial charge on any atom is 0.256 e. The van der Waals surface area contributed by atoms with Gasteiger partial charge in [-0.25, -0.2) is 0 Å². The molecule has 116 valence electrons. The average Bonchev–Trinajstić information content (AvgIpc) is 2.97. The van der Waals surface area contributed by atoms with E-state index in [0.29, 0.717) is 28.0 Å². The Morgan fingerprint density at radius 3 is 2.52 bits per heavy atom. The van der Waals surface area contributed by atoms with Gasteiger partial charge in [-0.1, -0.05) is 41.4 Å². The molecular formula is C17H13Cl2N3O. The van der Waals surface area contributed by atoms with Gasteiger partial charge in [0.25, 0.3) is 5.91 Å². The number of aromatic nitrogens is 2. The molecule has 0 radical (unpaired) electrons. The number of carbonyl (C=O) groups is 1. The van der Waals surface area contributed by atoms with Gasteiger partial charge in [0.2, 0.25) is 0 Å². The molecule has 3 aromatic rings. The number of anilines is 1. The molecule has 6 heteroatoms. The zero-order valence-corrected chi connectivity index (χ0v) is 13.6. The van der Waals surface area contributed by atoms with Crippen molar-refractivity contribution in [3.63, 3.8) is 0 Å². The Labute approximate surface area is 143 Å². The fourth-order valence-electron chi connectivity index (χ4n) is 2.11. The molecule has 1 N–H and O–H groups in total. The number of benzene rings is 2. The van der Waals surface area contributed by atoms with Gasteiger partial charge in [-0.3, -0.25) is 9.48 Å². The average molecular weight is 346 g/mol. The molecule has 0 saturated carbocycles. The minimum absolute atomic E-state index is 0.232. The normalized spacial score (nSPS) is 10.5. The summed E-state index contributed by atoms with van der Waals surface area (Å²) in [6.07, 6.45) is 1.79. The second kappa shape index (κ2) is 6.86. The lowest BCUT2D eigenvalue weighted by molar-refractivity contribution is 0.102. The molecule has 0 fully saturated rings. The lowest BCUT2D eigenvalue weighted by atomic mass is 10.2. The second-order valence-electron chi connectivity index (χ2n) is 4.95. The number of nitrogens with zero attached hydrogens (tertiary/aromatic N) is 2. The van der Waals surface area contributed by atoms with E-state index in [2.05, 4.69) is 10.4 Å². The summed E-state index contributed by atoms with van der Waals surface area (Å²) < 4.78 is 1.72. The van der Waals surface area contributed by atoms with E-state index in [1.165, 1.54) is 0 Å². The topological polar surface area (TPSA) is 46.9 Å². The van der Waals surface area contributed by atoms with Gasteiger partial charge in [0, 0.05) is 27.9 Å². The first-order chi connectivity index (χ1) is 11.1. The Morgan fingerprint density at radius 1 is 1.04 bits per heavy atom. The maximum absolute atomic E-state index is 12.1. The quantitative estimate of drug-likeness (QED) is 0.757. The van der Waals surface area contributed by atoms with Crippen LogP contribution in [0.1, 0.15) is 15.9 Å². The van der Waals surface area contributed by atoms with Crippen LogP contribution in [0.15, 0.2) is 60.8 Å². The molecule has 0 aliphatic carbocycles. The highest BCUT2D eigenvalue weighted by molar-refractivity contribution is 6.31. The third-order valence-corrected chi connectivity index (χ3v) is 3.90. The molecule has 0 aliphatic rings. The van der Waals surface area contributed by atoms with E-state index in [-0.39, 0.29) is 5.91 Å². The van der Waals surface area contributed by atoms with E-state index >= 15 is 0 Å². The summed E-state index contributed by atoms with van der Waals surface area (Å²) in [4.78, 5) is 12.1. The van der Waals surface area contributed by atoms with Crippen LogP contribution in [-0.4, -0.2) is 15.7 Å². The largest absolute Gasteiger partial charge is 0.305 e. The maximum atomic E-state index is 12.1. The summed E-state index contributed by atoms with van der Waals surface area (Å²) in [5.41, 5.74) is 1.49. The third kappa shape index (κ3) is 3.92. The fourth-order valence-corrected chi connectivity index (χ4v) is 2.43. The van der Waals surface area contributed by atoms with Gasteiger partial charge in [-0.05, 0) is 35.9 Å².